The maximum Gasteiger partial charge on any atom is 0.251 e. The first kappa shape index (κ1) is 16.7. The van der Waals surface area contributed by atoms with Gasteiger partial charge in [0.25, 0.3) is 5.91 Å². The molecule has 0 saturated heterocycles. The molecule has 0 bridgehead atoms. The molecule has 2 rings (SSSR count). The first-order valence-corrected chi connectivity index (χ1v) is 7.79. The largest absolute Gasteiger partial charge is 0.352 e. The van der Waals surface area contributed by atoms with E-state index in [1.807, 2.05) is 42.5 Å². The number of hydrogen-bond donors (Lipinski definition) is 2. The summed E-state index contributed by atoms with van der Waals surface area (Å²) in [6.45, 7) is 4.53. The second-order valence-electron chi connectivity index (χ2n) is 5.70. The highest BCUT2D eigenvalue weighted by Crippen LogP contribution is 2.18. The average molecular weight is 310 g/mol. The van der Waals surface area contributed by atoms with Crippen LogP contribution in [0.3, 0.4) is 0 Å². The molecule has 0 heterocycles. The van der Waals surface area contributed by atoms with Crippen molar-refractivity contribution < 1.29 is 9.59 Å². The Morgan fingerprint density at radius 1 is 1.00 bits per heavy atom. The monoisotopic (exact) mass is 310 g/mol. The third-order valence-electron chi connectivity index (χ3n) is 3.51. The lowest BCUT2D eigenvalue weighted by atomic mass is 10.0. The lowest BCUT2D eigenvalue weighted by Gasteiger charge is -2.10. The van der Waals surface area contributed by atoms with E-state index >= 15 is 0 Å². The molecule has 120 valence electrons. The Labute approximate surface area is 136 Å². The highest BCUT2D eigenvalue weighted by molar-refractivity contribution is 5.95. The van der Waals surface area contributed by atoms with Crippen LogP contribution in [0.4, 0.5) is 5.69 Å². The number of benzene rings is 2. The van der Waals surface area contributed by atoms with Crippen LogP contribution < -0.4 is 10.6 Å². The van der Waals surface area contributed by atoms with E-state index in [2.05, 4.69) is 24.5 Å². The van der Waals surface area contributed by atoms with E-state index < -0.39 is 0 Å². The second-order valence-corrected chi connectivity index (χ2v) is 5.70. The van der Waals surface area contributed by atoms with Gasteiger partial charge in [0.2, 0.25) is 5.91 Å². The number of carbonyl (C=O) groups excluding carboxylic acids is 2. The molecule has 23 heavy (non-hydrogen) atoms. The molecule has 0 unspecified atom stereocenters. The van der Waals surface area contributed by atoms with Gasteiger partial charge in [-0.15, -0.1) is 0 Å². The van der Waals surface area contributed by atoms with Crippen LogP contribution in [0.5, 0.6) is 0 Å². The molecule has 0 aromatic heterocycles. The summed E-state index contributed by atoms with van der Waals surface area (Å²) in [4.78, 5) is 23.8. The normalized spacial score (nSPS) is 10.4. The maximum absolute atomic E-state index is 11.9. The van der Waals surface area contributed by atoms with E-state index in [9.17, 15) is 9.59 Å². The molecule has 0 saturated carbocycles. The second kappa shape index (κ2) is 8.13. The van der Waals surface area contributed by atoms with Gasteiger partial charge < -0.3 is 10.6 Å². The quantitative estimate of drug-likeness (QED) is 0.857. The fourth-order valence-electron chi connectivity index (χ4n) is 2.18. The van der Waals surface area contributed by atoms with Crippen LogP contribution in [0.2, 0.25) is 0 Å². The zero-order chi connectivity index (χ0) is 16.7. The van der Waals surface area contributed by atoms with Crippen LogP contribution in [0.1, 0.15) is 42.1 Å². The van der Waals surface area contributed by atoms with Crippen LogP contribution in [0.15, 0.2) is 54.6 Å². The number of anilines is 1. The first-order chi connectivity index (χ1) is 11.1. The lowest BCUT2D eigenvalue weighted by Crippen LogP contribution is -2.27. The fraction of sp³-hybridized carbons (Fsp3) is 0.263. The summed E-state index contributed by atoms with van der Waals surface area (Å²) in [5.41, 5.74) is 2.56. The molecule has 0 aliphatic heterocycles. The third-order valence-corrected chi connectivity index (χ3v) is 3.51. The van der Waals surface area contributed by atoms with Crippen molar-refractivity contribution in [2.75, 3.05) is 11.9 Å². The van der Waals surface area contributed by atoms with Crippen molar-refractivity contribution >= 4 is 17.5 Å². The van der Waals surface area contributed by atoms with Crippen LogP contribution in [0, 0.1) is 0 Å². The lowest BCUT2D eigenvalue weighted by molar-refractivity contribution is -0.116. The van der Waals surface area contributed by atoms with E-state index in [0.29, 0.717) is 18.0 Å². The number of hydrogen-bond acceptors (Lipinski definition) is 2. The SMILES string of the molecule is CC(C)c1cccc(NC(=O)CCNC(=O)c2ccccc2)c1. The van der Waals surface area contributed by atoms with Gasteiger partial charge in [-0.2, -0.15) is 0 Å². The van der Waals surface area contributed by atoms with Crippen LogP contribution >= 0.6 is 0 Å². The summed E-state index contributed by atoms with van der Waals surface area (Å²) in [6, 6.07) is 16.8. The Hall–Kier alpha value is -2.62. The van der Waals surface area contributed by atoms with Crippen molar-refractivity contribution in [2.24, 2.45) is 0 Å². The van der Waals surface area contributed by atoms with Gasteiger partial charge in [-0.25, -0.2) is 0 Å². The van der Waals surface area contributed by atoms with Gasteiger partial charge in [-0.3, -0.25) is 9.59 Å². The predicted molar refractivity (Wildman–Crippen MR) is 92.6 cm³/mol. The maximum atomic E-state index is 11.9. The van der Waals surface area contributed by atoms with Gasteiger partial charge in [0, 0.05) is 24.2 Å². The van der Waals surface area contributed by atoms with E-state index in [-0.39, 0.29) is 18.2 Å². The molecule has 0 radical (unpaired) electrons. The minimum atomic E-state index is -0.166. The van der Waals surface area contributed by atoms with Crippen molar-refractivity contribution in [3.05, 3.63) is 65.7 Å². The Morgan fingerprint density at radius 3 is 2.43 bits per heavy atom. The summed E-state index contributed by atoms with van der Waals surface area (Å²) in [7, 11) is 0. The predicted octanol–water partition coefficient (Wildman–Crippen LogP) is 3.57. The number of amides is 2. The van der Waals surface area contributed by atoms with E-state index in [4.69, 9.17) is 0 Å². The minimum absolute atomic E-state index is 0.112. The highest BCUT2D eigenvalue weighted by Gasteiger charge is 2.07. The fourth-order valence-corrected chi connectivity index (χ4v) is 2.18. The van der Waals surface area contributed by atoms with Gasteiger partial charge >= 0.3 is 0 Å². The molecule has 0 aliphatic rings. The van der Waals surface area contributed by atoms with Crippen molar-refractivity contribution in [3.63, 3.8) is 0 Å². The summed E-state index contributed by atoms with van der Waals surface area (Å²) in [5, 5.41) is 5.61. The minimum Gasteiger partial charge on any atom is -0.352 e. The molecule has 2 amide bonds. The molecular weight excluding hydrogens is 288 g/mol. The van der Waals surface area contributed by atoms with Crippen LogP contribution in [-0.2, 0) is 4.79 Å². The van der Waals surface area contributed by atoms with Gasteiger partial charge in [0.1, 0.15) is 0 Å². The molecule has 0 spiro atoms. The molecule has 2 N–H and O–H groups in total. The third kappa shape index (κ3) is 5.25. The molecule has 0 aliphatic carbocycles. The van der Waals surface area contributed by atoms with Crippen molar-refractivity contribution in [3.8, 4) is 0 Å². The van der Waals surface area contributed by atoms with Gasteiger partial charge in [0.15, 0.2) is 0 Å². The Kier molecular flexibility index (Phi) is 5.92. The summed E-state index contributed by atoms with van der Waals surface area (Å²) >= 11 is 0. The zero-order valence-electron chi connectivity index (χ0n) is 13.5. The van der Waals surface area contributed by atoms with E-state index in [1.165, 1.54) is 5.56 Å². The van der Waals surface area contributed by atoms with Gasteiger partial charge in [-0.1, -0.05) is 44.2 Å². The smallest absolute Gasteiger partial charge is 0.251 e. The number of carbonyl (C=O) groups is 2. The summed E-state index contributed by atoms with van der Waals surface area (Å²) < 4.78 is 0. The molecule has 2 aromatic carbocycles. The van der Waals surface area contributed by atoms with E-state index in [1.54, 1.807) is 12.1 Å². The molecule has 0 fully saturated rings. The Balaban J connectivity index is 1.79. The highest BCUT2D eigenvalue weighted by atomic mass is 16.2. The van der Waals surface area contributed by atoms with E-state index in [0.717, 1.165) is 5.69 Å². The molecule has 0 atom stereocenters. The van der Waals surface area contributed by atoms with Crippen molar-refractivity contribution in [1.82, 2.24) is 5.32 Å². The molecule has 4 heteroatoms. The number of nitrogens with one attached hydrogen (secondary N) is 2. The van der Waals surface area contributed by atoms with Crippen LogP contribution in [0.25, 0.3) is 0 Å². The van der Waals surface area contributed by atoms with Crippen molar-refractivity contribution in [1.29, 1.82) is 0 Å². The number of rotatable bonds is 6. The standard InChI is InChI=1S/C19H22N2O2/c1-14(2)16-9-6-10-17(13-16)21-18(22)11-12-20-19(23)15-7-4-3-5-8-15/h3-10,13-14H,11-12H2,1-2H3,(H,20,23)(H,21,22). The average Bonchev–Trinajstić information content (AvgIpc) is 2.55. The first-order valence-electron chi connectivity index (χ1n) is 7.79. The molecule has 2 aromatic rings. The molecule has 4 nitrogen and oxygen atoms in total. The van der Waals surface area contributed by atoms with Gasteiger partial charge in [-0.05, 0) is 35.7 Å². The summed E-state index contributed by atoms with van der Waals surface area (Å²) in [5.74, 6) is 0.136. The van der Waals surface area contributed by atoms with Gasteiger partial charge in [0.05, 0.1) is 0 Å². The van der Waals surface area contributed by atoms with Crippen molar-refractivity contribution in [2.45, 2.75) is 26.2 Å². The Bertz CT molecular complexity index is 666. The summed E-state index contributed by atoms with van der Waals surface area (Å²) in [6.07, 6.45) is 0.241. The van der Waals surface area contributed by atoms with Crippen LogP contribution in [-0.4, -0.2) is 18.4 Å². The zero-order valence-corrected chi connectivity index (χ0v) is 13.5. The Morgan fingerprint density at radius 2 is 1.74 bits per heavy atom. The molecular formula is C19H22N2O2. The topological polar surface area (TPSA) is 58.2 Å².